The Morgan fingerprint density at radius 3 is 1.85 bits per heavy atom. The predicted molar refractivity (Wildman–Crippen MR) is 202 cm³/mol. The van der Waals surface area contributed by atoms with Crippen molar-refractivity contribution in [2.75, 3.05) is 0 Å². The zero-order valence-electron chi connectivity index (χ0n) is 26.8. The fourth-order valence-corrected chi connectivity index (χ4v) is 8.55. The van der Waals surface area contributed by atoms with E-state index in [1.54, 1.807) is 0 Å². The molecule has 218 valence electrons. The maximum atomic E-state index is 8.07. The molecule has 0 aliphatic rings. The van der Waals surface area contributed by atoms with E-state index in [9.17, 15) is 0 Å². The Kier molecular flexibility index (Phi) is 6.05. The molecule has 46 heavy (non-hydrogen) atoms. The van der Waals surface area contributed by atoms with Gasteiger partial charge in [0.2, 0.25) is 0 Å². The summed E-state index contributed by atoms with van der Waals surface area (Å²) in [6.07, 6.45) is 0. The van der Waals surface area contributed by atoms with Gasteiger partial charge in [-0.15, -0.1) is 11.3 Å². The van der Waals surface area contributed by atoms with Gasteiger partial charge in [-0.3, -0.25) is 0 Å². The van der Waals surface area contributed by atoms with Crippen LogP contribution in [0.25, 0.3) is 85.9 Å². The summed E-state index contributed by atoms with van der Waals surface area (Å²) < 4.78 is 10.8. The lowest BCUT2D eigenvalue weighted by Gasteiger charge is -2.20. The van der Waals surface area contributed by atoms with Crippen LogP contribution in [-0.2, 0) is 0 Å². The molecule has 0 N–H and O–H groups in total. The first-order valence-electron chi connectivity index (χ1n) is 16.5. The number of benzene rings is 8. The average molecular weight is 606 g/mol. The van der Waals surface area contributed by atoms with Gasteiger partial charge in [-0.2, -0.15) is 0 Å². The summed E-state index contributed by atoms with van der Waals surface area (Å²) in [5.74, 6) is 0.498. The topological polar surface area (TPSA) is 0 Å². The summed E-state index contributed by atoms with van der Waals surface area (Å²) in [6, 6.07) is 53.6. The molecule has 1 aromatic heterocycles. The first-order valence-corrected chi connectivity index (χ1v) is 16.9. The van der Waals surface area contributed by atoms with Crippen LogP contribution < -0.4 is 0 Å². The van der Waals surface area contributed by atoms with Crippen molar-refractivity contribution in [1.82, 2.24) is 0 Å². The first-order chi connectivity index (χ1) is 23.0. The molecule has 0 aliphatic carbocycles. The van der Waals surface area contributed by atoms with Crippen LogP contribution in [0.15, 0.2) is 152 Å². The summed E-state index contributed by atoms with van der Waals surface area (Å²) in [6.45, 7) is 4.54. The number of fused-ring (bicyclic) bond motifs is 6. The highest BCUT2D eigenvalue weighted by atomic mass is 32.1. The van der Waals surface area contributed by atoms with E-state index >= 15 is 0 Å². The second-order valence-electron chi connectivity index (χ2n) is 12.6. The third-order valence-electron chi connectivity index (χ3n) is 9.58. The van der Waals surface area contributed by atoms with E-state index in [2.05, 4.69) is 147 Å². The van der Waals surface area contributed by atoms with Crippen LogP contribution in [0.3, 0.4) is 0 Å². The van der Waals surface area contributed by atoms with Crippen LogP contribution in [0, 0.1) is 0 Å². The summed E-state index contributed by atoms with van der Waals surface area (Å²) in [5, 5.41) is 9.97. The van der Waals surface area contributed by atoms with Gasteiger partial charge in [0.15, 0.2) is 0 Å². The van der Waals surface area contributed by atoms with Gasteiger partial charge in [-0.1, -0.05) is 147 Å². The van der Waals surface area contributed by atoms with E-state index in [0.29, 0.717) is 12.0 Å². The van der Waals surface area contributed by atoms with Crippen molar-refractivity contribution in [2.24, 2.45) is 0 Å². The molecule has 0 nitrogen and oxygen atoms in total. The Hall–Kier alpha value is -5.24. The highest BCUT2D eigenvalue weighted by Crippen LogP contribution is 2.49. The van der Waals surface area contributed by atoms with Crippen molar-refractivity contribution in [3.8, 4) is 33.4 Å². The van der Waals surface area contributed by atoms with Gasteiger partial charge in [0.05, 0.1) is 1.37 Å². The molecule has 0 atom stereocenters. The molecule has 0 fully saturated rings. The predicted octanol–water partition coefficient (Wildman–Crippen LogP) is 13.6. The van der Waals surface area contributed by atoms with Crippen LogP contribution in [0.2, 0.25) is 0 Å². The van der Waals surface area contributed by atoms with Crippen molar-refractivity contribution >= 4 is 63.8 Å². The zero-order valence-corrected chi connectivity index (χ0v) is 26.7. The summed E-state index contributed by atoms with van der Waals surface area (Å²) in [5.41, 5.74) is 8.85. The van der Waals surface area contributed by atoms with Gasteiger partial charge >= 0.3 is 0 Å². The lowest BCUT2D eigenvalue weighted by Crippen LogP contribution is -1.93. The third-order valence-corrected chi connectivity index (χ3v) is 10.7. The maximum absolute atomic E-state index is 8.07. The number of rotatable bonds is 4. The Morgan fingerprint density at radius 2 is 1.13 bits per heavy atom. The maximum Gasteiger partial charge on any atom is 0.0623 e. The van der Waals surface area contributed by atoms with Gasteiger partial charge in [-0.05, 0) is 95.4 Å². The molecule has 0 saturated heterocycles. The molecular weight excluding hydrogens is 573 g/mol. The van der Waals surface area contributed by atoms with Gasteiger partial charge in [-0.25, -0.2) is 0 Å². The molecule has 0 aliphatic heterocycles. The lowest BCUT2D eigenvalue weighted by atomic mass is 9.83. The van der Waals surface area contributed by atoms with Crippen molar-refractivity contribution in [3.63, 3.8) is 0 Å². The van der Waals surface area contributed by atoms with Crippen molar-refractivity contribution in [2.45, 2.75) is 19.8 Å². The van der Waals surface area contributed by atoms with Crippen molar-refractivity contribution < 1.29 is 1.37 Å². The van der Waals surface area contributed by atoms with Crippen LogP contribution in [0.1, 0.15) is 26.7 Å². The molecule has 0 spiro atoms. The Bertz CT molecular complexity index is 2620. The van der Waals surface area contributed by atoms with Gasteiger partial charge < -0.3 is 0 Å². The fourth-order valence-electron chi connectivity index (χ4n) is 7.37. The highest BCUT2D eigenvalue weighted by molar-refractivity contribution is 7.26. The molecule has 1 heteroatoms. The highest BCUT2D eigenvalue weighted by Gasteiger charge is 2.21. The molecular formula is C45H32S. The minimum absolute atomic E-state index is 0.498. The standard InChI is InChI=1S/C45H32S/c1-28(2)30-24-25-39-42(27-30)46-41-21-11-20-40(45(39)41)44-37-18-9-7-16-35(37)43(36-17-8-10-19-38(36)44)34-15-6-5-14-33(34)32-23-22-29-12-3-4-13-31(29)26-32/h3-28H,1-2H3/i3D. The smallest absolute Gasteiger partial charge is 0.0623 e. The second-order valence-corrected chi connectivity index (χ2v) is 13.6. The normalized spacial score (nSPS) is 12.2. The van der Waals surface area contributed by atoms with E-state index in [0.717, 1.165) is 10.8 Å². The van der Waals surface area contributed by atoms with Crippen LogP contribution in [0.4, 0.5) is 0 Å². The largest absolute Gasteiger partial charge is 0.135 e. The van der Waals surface area contributed by atoms with E-state index < -0.39 is 0 Å². The van der Waals surface area contributed by atoms with Gasteiger partial charge in [0.1, 0.15) is 0 Å². The zero-order chi connectivity index (χ0) is 31.6. The quantitative estimate of drug-likeness (QED) is 0.175. The number of hydrogen-bond donors (Lipinski definition) is 0. The molecule has 0 saturated carbocycles. The molecule has 1 heterocycles. The minimum atomic E-state index is 0.498. The Balaban J connectivity index is 1.35. The van der Waals surface area contributed by atoms with E-state index in [1.165, 1.54) is 80.7 Å². The second kappa shape index (κ2) is 10.7. The van der Waals surface area contributed by atoms with Crippen molar-refractivity contribution in [1.29, 1.82) is 0 Å². The molecule has 9 aromatic rings. The molecule has 0 radical (unpaired) electrons. The van der Waals surface area contributed by atoms with E-state index in [4.69, 9.17) is 1.37 Å². The first kappa shape index (κ1) is 26.0. The summed E-state index contributed by atoms with van der Waals surface area (Å²) >= 11 is 1.90. The lowest BCUT2D eigenvalue weighted by molar-refractivity contribution is 0.869. The Labute approximate surface area is 274 Å². The molecule has 0 amide bonds. The minimum Gasteiger partial charge on any atom is -0.135 e. The molecule has 8 aromatic carbocycles. The SMILES string of the molecule is [2H]c1ccc2cc(-c3ccccc3-c3c4ccccc4c(-c4cccc5sc6cc(C(C)C)ccc6c45)c4ccccc34)ccc2c1. The van der Waals surface area contributed by atoms with Gasteiger partial charge in [0.25, 0.3) is 0 Å². The average Bonchev–Trinajstić information content (AvgIpc) is 3.49. The Morgan fingerprint density at radius 1 is 0.478 bits per heavy atom. The third kappa shape index (κ3) is 4.20. The van der Waals surface area contributed by atoms with Gasteiger partial charge in [0, 0.05) is 20.2 Å². The number of thiophene rings is 1. The van der Waals surface area contributed by atoms with Crippen molar-refractivity contribution in [3.05, 3.63) is 157 Å². The molecule has 0 bridgehead atoms. The summed E-state index contributed by atoms with van der Waals surface area (Å²) in [4.78, 5) is 0. The molecule has 9 rings (SSSR count). The monoisotopic (exact) mass is 605 g/mol. The van der Waals surface area contributed by atoms with E-state index in [1.807, 2.05) is 23.5 Å². The van der Waals surface area contributed by atoms with Crippen LogP contribution in [0.5, 0.6) is 0 Å². The fraction of sp³-hybridized carbons (Fsp3) is 0.0667. The van der Waals surface area contributed by atoms with E-state index in [-0.39, 0.29) is 0 Å². The van der Waals surface area contributed by atoms with Crippen LogP contribution in [-0.4, -0.2) is 0 Å². The molecule has 0 unspecified atom stereocenters. The summed E-state index contributed by atoms with van der Waals surface area (Å²) in [7, 11) is 0. The number of hydrogen-bond acceptors (Lipinski definition) is 1. The van der Waals surface area contributed by atoms with Crippen LogP contribution >= 0.6 is 11.3 Å².